The van der Waals surface area contributed by atoms with Crippen molar-refractivity contribution in [2.24, 2.45) is 36.6 Å². The van der Waals surface area contributed by atoms with Crippen LogP contribution in [0.5, 0.6) is 0 Å². The standard InChI is InChI=1S/C30H28BrN7O.C29H26FN7O.C27H25F3N6O2.C23H30N6O2/c1-18-11-16-22(32-17-18)19-12-14-20(15-13-19)26(31)38-27(33-21-7-4-3-5-8-21)25-28(35-38)37-24-10-6-9-23(24)34-30(37)36(2)29(25)39;1-35-28(38)25-26(31-20-7-3-2-4-8-20)36(34-27(25)37-23-11-5-10-22(23)33-29(35)37)17-18-13-15-19(16-14-18)21-9-6-12-24(30)32-21;1-27(29,30)22(37)17-12-11-15(13-18(17)28)14-35-23(31-16-7-4-3-5-8-16)21-24(33-35)36-20-10-6-9-19(20)32-26(36)34(2)25(21)38;1-28-22(30)19(20(24)26-16-6-3-2-4-7-16)21(25-14-15-10-12-31-13-11-15)29-18-9-5-8-17(18)27-23(28)29/h3-5,7-8,11-17,23-24,26,33H,6,9-10H2,1-2H3;2-4,6-9,12-16,22-23,31H,5,10-11,17H2,1H3;3-5,7-8,11-13,19-20,31H,6,9-10,14H2,1-2H3;2-4,6-7,15,17-18,25H,5,8-14H2,1H3,(H2,24,26)/t23-,24+,26?;22-,23+;19-,20+;17-,18+/m1111/s1. The van der Waals surface area contributed by atoms with E-state index in [1.165, 1.54) is 17.0 Å². The van der Waals surface area contributed by atoms with Crippen molar-refractivity contribution >= 4 is 133 Å². The van der Waals surface area contributed by atoms with Crippen LogP contribution in [0.1, 0.15) is 165 Å². The normalized spacial score (nSPS) is 21.5. The van der Waals surface area contributed by atoms with Crippen LogP contribution in [0.4, 0.5) is 75.2 Å². The smallest absolute Gasteiger partial charge is 0.307 e. The third kappa shape index (κ3) is 18.0. The summed E-state index contributed by atoms with van der Waals surface area (Å²) in [5.41, 5.74) is 17.9. The van der Waals surface area contributed by atoms with Gasteiger partial charge in [-0.25, -0.2) is 48.4 Å². The van der Waals surface area contributed by atoms with Gasteiger partial charge in [0, 0.05) is 89.3 Å². The topological polar surface area (TPSA) is 336 Å². The number of nitrogens with two attached hydrogens (primary N) is 1. The summed E-state index contributed by atoms with van der Waals surface area (Å²) in [5.74, 6) is 0.290. The van der Waals surface area contributed by atoms with Gasteiger partial charge in [-0.15, -0.1) is 0 Å². The van der Waals surface area contributed by atoms with Crippen molar-refractivity contribution in [1.82, 2.24) is 69.1 Å². The molecule has 4 amide bonds. The van der Waals surface area contributed by atoms with Gasteiger partial charge >= 0.3 is 5.92 Å². The number of aliphatic imine (C=N–C) groups is 5. The fraction of sp³-hybridized carbons (Fsp3) is 0.330. The Morgan fingerprint density at radius 1 is 0.493 bits per heavy atom. The lowest BCUT2D eigenvalue weighted by Gasteiger charge is -2.39. The maximum atomic E-state index is 14.8. The number of ether oxygens (including phenoxy) is 1. The number of aryl methyl sites for hydroxylation is 1. The van der Waals surface area contributed by atoms with Crippen LogP contribution in [0.15, 0.2) is 261 Å². The Kier molecular flexibility index (Phi) is 25.8. The molecule has 0 radical (unpaired) electrons. The third-order valence-electron chi connectivity index (χ3n) is 29.5. The van der Waals surface area contributed by atoms with Gasteiger partial charge in [0.2, 0.25) is 35.6 Å². The van der Waals surface area contributed by atoms with Crippen LogP contribution < -0.4 is 41.7 Å². The highest BCUT2D eigenvalue weighted by molar-refractivity contribution is 9.09. The van der Waals surface area contributed by atoms with Gasteiger partial charge in [-0.2, -0.15) is 28.5 Å². The fourth-order valence-electron chi connectivity index (χ4n) is 22.0. The number of nitrogens with zero attached hydrogens (tertiary/aromatic N) is 21. The van der Waals surface area contributed by atoms with Crippen molar-refractivity contribution in [3.05, 3.63) is 292 Å². The van der Waals surface area contributed by atoms with Crippen molar-refractivity contribution < 1.29 is 46.3 Å². The van der Waals surface area contributed by atoms with Crippen LogP contribution in [0.3, 0.4) is 0 Å². The van der Waals surface area contributed by atoms with E-state index in [4.69, 9.17) is 45.7 Å². The lowest BCUT2D eigenvalue weighted by molar-refractivity contribution is -0.123. The highest BCUT2D eigenvalue weighted by Crippen LogP contribution is 2.50. The predicted molar refractivity (Wildman–Crippen MR) is 557 cm³/mol. The van der Waals surface area contributed by atoms with Crippen molar-refractivity contribution in [3.8, 4) is 22.5 Å². The average molecular weight is 2040 g/mol. The van der Waals surface area contributed by atoms with Crippen molar-refractivity contribution in [2.75, 3.05) is 78.6 Å². The maximum absolute atomic E-state index is 14.8. The number of nitrogens with one attached hydrogen (secondary N) is 4. The number of benzene rings is 7. The number of halogens is 5. The zero-order chi connectivity index (χ0) is 101. The number of fused-ring (bicyclic) bond motifs is 18. The van der Waals surface area contributed by atoms with Gasteiger partial charge in [0.05, 0.1) is 84.1 Å². The fourth-order valence-corrected chi connectivity index (χ4v) is 22.6. The van der Waals surface area contributed by atoms with Gasteiger partial charge in [0.25, 0.3) is 23.6 Å². The monoisotopic (exact) mass is 2030 g/mol. The van der Waals surface area contributed by atoms with Gasteiger partial charge < -0.3 is 31.7 Å². The molecule has 12 aromatic rings. The number of guanidine groups is 4. The first-order chi connectivity index (χ1) is 70.8. The van der Waals surface area contributed by atoms with Crippen LogP contribution in [0.2, 0.25) is 0 Å². The number of likely N-dealkylation sites (N-methyl/N-ethyl adjacent to an activating group) is 1. The van der Waals surface area contributed by atoms with E-state index in [0.717, 1.165) is 190 Å². The first-order valence-corrected chi connectivity index (χ1v) is 50.7. The van der Waals surface area contributed by atoms with E-state index < -0.39 is 29.0 Å². The van der Waals surface area contributed by atoms with Crippen LogP contribution in [0, 0.1) is 24.6 Å². The number of amides is 4. The molecule has 4 saturated carbocycles. The first kappa shape index (κ1) is 95.3. The second kappa shape index (κ2) is 39.5. The number of rotatable bonds is 21. The summed E-state index contributed by atoms with van der Waals surface area (Å²) in [6.07, 6.45) is 16.5. The minimum Gasteiger partial charge on any atom is -0.383 e. The van der Waals surface area contributed by atoms with E-state index in [1.807, 2.05) is 186 Å². The quantitative estimate of drug-likeness (QED) is 0.0111. The molecular formula is C109H109BrF4N26O6. The highest BCUT2D eigenvalue weighted by Gasteiger charge is 2.55. The number of alkyl halides is 3. The minimum absolute atomic E-state index is 0.0292. The number of hydrogen-bond donors (Lipinski definition) is 5. The Morgan fingerprint density at radius 2 is 0.932 bits per heavy atom. The van der Waals surface area contributed by atoms with Gasteiger partial charge in [-0.3, -0.25) is 68.2 Å². The Bertz CT molecular complexity index is 7260. The summed E-state index contributed by atoms with van der Waals surface area (Å²) < 4.78 is 66.2. The summed E-state index contributed by atoms with van der Waals surface area (Å²) >= 11 is 3.91. The molecule has 1 saturated heterocycles. The number of aromatic nitrogens is 8. The Labute approximate surface area is 849 Å². The molecule has 37 heteroatoms. The van der Waals surface area contributed by atoms with Crippen LogP contribution in [0.25, 0.3) is 22.5 Å². The molecule has 5 fully saturated rings. The second-order valence-electron chi connectivity index (χ2n) is 39.0. The SMILES string of the molecule is CN1C(=O)C(C(N)=Nc2ccccc2)=C(NCC2CCOCC2)N2C1=N[C@@H]1CCC[C@@H]12.CN1C(=O)c2c(nn(Cc3ccc(-c4cccc(F)n4)cc3)c2Nc2ccccc2)N2C1=N[C@@H]1CCC[C@@H]12.CN1C(=O)c2c(nn(Cc3ccc(C(=O)C(C)(F)F)c(F)c3)c2Nc2ccccc2)N2C1=N[C@@H]1CCC[C@@H]12.Cc1ccc(-c2ccc(C(Br)n3nc4c(c3Nc3ccccc3)C(=O)N(C)C3=N[C@@H]5CCC[C@@H]5N34)cc2)nc1. The summed E-state index contributed by atoms with van der Waals surface area (Å²) in [7, 11) is 7.07. The van der Waals surface area contributed by atoms with E-state index in [1.54, 1.807) is 52.7 Å². The number of carbonyl (C=O) groups is 5. The number of para-hydroxylation sites is 4. The number of anilines is 9. The summed E-state index contributed by atoms with van der Waals surface area (Å²) in [4.78, 5) is 114. The molecule has 6 N–H and O–H groups in total. The van der Waals surface area contributed by atoms with Crippen LogP contribution in [-0.2, 0) is 22.6 Å². The van der Waals surface area contributed by atoms with Crippen molar-refractivity contribution in [3.63, 3.8) is 0 Å². The number of ketones is 1. The molecule has 25 rings (SSSR count). The lowest BCUT2D eigenvalue weighted by Crippen LogP contribution is -2.56. The van der Waals surface area contributed by atoms with Crippen LogP contribution >= 0.6 is 15.9 Å². The maximum Gasteiger partial charge on any atom is 0.307 e. The first-order valence-electron chi connectivity index (χ1n) is 49.8. The second-order valence-corrected chi connectivity index (χ2v) is 39.9. The molecule has 746 valence electrons. The largest absolute Gasteiger partial charge is 0.383 e. The van der Waals surface area contributed by atoms with E-state index in [9.17, 15) is 41.5 Å². The number of pyridine rings is 2. The third-order valence-corrected chi connectivity index (χ3v) is 30.4. The van der Waals surface area contributed by atoms with Crippen molar-refractivity contribution in [2.45, 2.75) is 176 Å². The molecule has 9 aliphatic heterocycles. The van der Waals surface area contributed by atoms with Gasteiger partial charge in [-0.1, -0.05) is 155 Å². The molecule has 14 heterocycles. The molecule has 1 unspecified atom stereocenters. The number of amidine groups is 1. The van der Waals surface area contributed by atoms with Gasteiger partial charge in [-0.05, 0) is 204 Å². The van der Waals surface area contributed by atoms with E-state index >= 15 is 0 Å². The number of carbonyl (C=O) groups excluding carboxylic acids is 5. The van der Waals surface area contributed by atoms with E-state index in [0.29, 0.717) is 106 Å². The molecule has 9 atom stereocenters. The molecule has 146 heavy (non-hydrogen) atoms. The van der Waals surface area contributed by atoms with Gasteiger partial charge in [0.15, 0.2) is 17.5 Å². The zero-order valence-electron chi connectivity index (χ0n) is 81.4. The molecule has 0 spiro atoms. The summed E-state index contributed by atoms with van der Waals surface area (Å²) in [6.45, 7) is 5.31. The minimum atomic E-state index is -3.68. The molecule has 32 nitrogen and oxygen atoms in total. The van der Waals surface area contributed by atoms with Gasteiger partial charge in [0.1, 0.15) is 62.1 Å². The molecule has 13 aliphatic rings. The molecule has 4 aliphatic carbocycles. The summed E-state index contributed by atoms with van der Waals surface area (Å²) in [5, 5.41) is 28.8. The molecule has 0 bridgehead atoms. The number of Topliss-reactive ketones (excluding diaryl/α,β-unsaturated/α-hetero) is 1. The number of hydrogen-bond acceptors (Lipinski definition) is 24. The summed E-state index contributed by atoms with van der Waals surface area (Å²) in [6, 6.07) is 68.6. The molecule has 7 aromatic carbocycles. The average Bonchev–Trinajstić information content (AvgIpc) is 1.57. The molecular weight excluding hydrogens is 1930 g/mol. The Morgan fingerprint density at radius 3 is 1.41 bits per heavy atom. The van der Waals surface area contributed by atoms with E-state index in [-0.39, 0.29) is 89.3 Å². The van der Waals surface area contributed by atoms with Crippen LogP contribution in [-0.4, -0.2) is 225 Å². The Hall–Kier alpha value is -15.5. The van der Waals surface area contributed by atoms with Crippen molar-refractivity contribution in [1.29, 1.82) is 0 Å². The predicted octanol–water partition coefficient (Wildman–Crippen LogP) is 18.0. The lowest BCUT2D eigenvalue weighted by atomic mass is 10.00. The Balaban J connectivity index is 0.000000111. The molecule has 5 aromatic heterocycles. The zero-order valence-corrected chi connectivity index (χ0v) is 83.0. The highest BCUT2D eigenvalue weighted by atomic mass is 79.9. The van der Waals surface area contributed by atoms with E-state index in [2.05, 4.69) is 97.2 Å².